The molecule has 130 valence electrons. The number of nitrogens with one attached hydrogen (secondary N) is 1. The smallest absolute Gasteiger partial charge is 0.123 e. The van der Waals surface area contributed by atoms with Gasteiger partial charge in [0.1, 0.15) is 5.82 Å². The van der Waals surface area contributed by atoms with Gasteiger partial charge in [-0.25, -0.2) is 9.07 Å². The molecule has 0 aliphatic heterocycles. The molecule has 3 aromatic rings. The first kappa shape index (κ1) is 17.6. The molecule has 0 amide bonds. The van der Waals surface area contributed by atoms with Gasteiger partial charge in [-0.2, -0.15) is 5.10 Å². The number of hydrogen-bond acceptors (Lipinski definition) is 3. The molecule has 1 heterocycles. The van der Waals surface area contributed by atoms with E-state index < -0.39 is 6.10 Å². The van der Waals surface area contributed by atoms with Crippen molar-refractivity contribution in [1.82, 2.24) is 15.1 Å². The van der Waals surface area contributed by atoms with Crippen LogP contribution in [0.4, 0.5) is 4.39 Å². The van der Waals surface area contributed by atoms with Crippen molar-refractivity contribution in [1.29, 1.82) is 0 Å². The molecule has 3 rings (SSSR count). The molecule has 0 spiro atoms. The minimum atomic E-state index is -0.434. The average Bonchev–Trinajstić information content (AvgIpc) is 2.99. The topological polar surface area (TPSA) is 50.1 Å². The van der Waals surface area contributed by atoms with Gasteiger partial charge in [-0.15, -0.1) is 0 Å². The Labute approximate surface area is 150 Å². The summed E-state index contributed by atoms with van der Waals surface area (Å²) in [6, 6.07) is 13.7. The number of benzene rings is 2. The SMILES string of the molecule is C[C@H](O)CNCc1cn(-c2ccc(F)cc2)nc1-c1ccccc1Cl. The second kappa shape index (κ2) is 7.78. The Morgan fingerprint density at radius 2 is 1.92 bits per heavy atom. The van der Waals surface area contributed by atoms with Gasteiger partial charge in [-0.3, -0.25) is 0 Å². The van der Waals surface area contributed by atoms with Crippen molar-refractivity contribution in [3.8, 4) is 16.9 Å². The molecule has 0 aliphatic rings. The second-order valence-corrected chi connectivity index (χ2v) is 6.29. The maximum Gasteiger partial charge on any atom is 0.123 e. The summed E-state index contributed by atoms with van der Waals surface area (Å²) in [6.45, 7) is 2.74. The molecule has 2 aromatic carbocycles. The Hall–Kier alpha value is -2.21. The molecule has 0 radical (unpaired) electrons. The molecule has 25 heavy (non-hydrogen) atoms. The average molecular weight is 360 g/mol. The lowest BCUT2D eigenvalue weighted by atomic mass is 10.1. The summed E-state index contributed by atoms with van der Waals surface area (Å²) >= 11 is 6.33. The first-order chi connectivity index (χ1) is 12.0. The Morgan fingerprint density at radius 1 is 1.20 bits per heavy atom. The number of aliphatic hydroxyl groups is 1. The highest BCUT2D eigenvalue weighted by molar-refractivity contribution is 6.33. The van der Waals surface area contributed by atoms with Crippen LogP contribution in [0.1, 0.15) is 12.5 Å². The summed E-state index contributed by atoms with van der Waals surface area (Å²) in [5.41, 5.74) is 3.29. The van der Waals surface area contributed by atoms with Crippen molar-refractivity contribution in [3.63, 3.8) is 0 Å². The molecule has 1 aromatic heterocycles. The maximum absolute atomic E-state index is 13.2. The molecule has 0 saturated heterocycles. The fraction of sp³-hybridized carbons (Fsp3) is 0.211. The van der Waals surface area contributed by atoms with E-state index in [0.29, 0.717) is 18.1 Å². The lowest BCUT2D eigenvalue weighted by Gasteiger charge is -2.07. The molecule has 1 atom stereocenters. The zero-order valence-corrected chi connectivity index (χ0v) is 14.5. The largest absolute Gasteiger partial charge is 0.392 e. The third kappa shape index (κ3) is 4.25. The quantitative estimate of drug-likeness (QED) is 0.703. The molecule has 0 unspecified atom stereocenters. The molecule has 0 aliphatic carbocycles. The first-order valence-corrected chi connectivity index (χ1v) is 8.40. The molecular formula is C19H19ClFN3O. The molecule has 6 heteroatoms. The lowest BCUT2D eigenvalue weighted by Crippen LogP contribution is -2.23. The summed E-state index contributed by atoms with van der Waals surface area (Å²) in [6.07, 6.45) is 1.46. The van der Waals surface area contributed by atoms with Crippen molar-refractivity contribution in [3.05, 3.63) is 71.1 Å². The van der Waals surface area contributed by atoms with E-state index in [2.05, 4.69) is 10.4 Å². The monoisotopic (exact) mass is 359 g/mol. The van der Waals surface area contributed by atoms with Crippen molar-refractivity contribution in [2.24, 2.45) is 0 Å². The van der Waals surface area contributed by atoms with Crippen LogP contribution in [-0.4, -0.2) is 27.5 Å². The first-order valence-electron chi connectivity index (χ1n) is 8.03. The van der Waals surface area contributed by atoms with E-state index in [9.17, 15) is 9.50 Å². The normalized spacial score (nSPS) is 12.3. The fourth-order valence-electron chi connectivity index (χ4n) is 2.56. The van der Waals surface area contributed by atoms with Crippen molar-refractivity contribution < 1.29 is 9.50 Å². The highest BCUT2D eigenvalue weighted by Gasteiger charge is 2.14. The van der Waals surface area contributed by atoms with Gasteiger partial charge in [-0.05, 0) is 37.3 Å². The van der Waals surface area contributed by atoms with Crippen LogP contribution in [0.3, 0.4) is 0 Å². The number of nitrogens with zero attached hydrogens (tertiary/aromatic N) is 2. The minimum Gasteiger partial charge on any atom is -0.392 e. The standard InChI is InChI=1S/C19H19ClFN3O/c1-13(25)10-22-11-14-12-24(16-8-6-15(21)7-9-16)23-19(14)17-4-2-3-5-18(17)20/h2-9,12-13,22,25H,10-11H2,1H3/t13-/m0/s1. The summed E-state index contributed by atoms with van der Waals surface area (Å²) in [7, 11) is 0. The van der Waals surface area contributed by atoms with E-state index in [-0.39, 0.29) is 5.82 Å². The summed E-state index contributed by atoms with van der Waals surface area (Å²) in [5, 5.41) is 17.9. The van der Waals surface area contributed by atoms with Gasteiger partial charge in [0.15, 0.2) is 0 Å². The van der Waals surface area contributed by atoms with Gasteiger partial charge in [0.05, 0.1) is 22.5 Å². The van der Waals surface area contributed by atoms with E-state index in [1.807, 2.05) is 30.5 Å². The molecular weight excluding hydrogens is 341 g/mol. The van der Waals surface area contributed by atoms with Crippen LogP contribution in [0.15, 0.2) is 54.7 Å². The van der Waals surface area contributed by atoms with Gasteiger partial charge < -0.3 is 10.4 Å². The van der Waals surface area contributed by atoms with E-state index in [0.717, 1.165) is 22.5 Å². The molecule has 0 bridgehead atoms. The predicted molar refractivity (Wildman–Crippen MR) is 97.4 cm³/mol. The zero-order valence-electron chi connectivity index (χ0n) is 13.8. The maximum atomic E-state index is 13.2. The van der Waals surface area contributed by atoms with E-state index in [1.165, 1.54) is 12.1 Å². The molecule has 2 N–H and O–H groups in total. The third-order valence-corrected chi connectivity index (χ3v) is 4.09. The molecule has 0 fully saturated rings. The Morgan fingerprint density at radius 3 is 2.60 bits per heavy atom. The van der Waals surface area contributed by atoms with Gasteiger partial charge in [0.2, 0.25) is 0 Å². The Kier molecular flexibility index (Phi) is 5.48. The Balaban J connectivity index is 1.99. The summed E-state index contributed by atoms with van der Waals surface area (Å²) in [4.78, 5) is 0. The number of aromatic nitrogens is 2. The van der Waals surface area contributed by atoms with Crippen LogP contribution in [0.25, 0.3) is 16.9 Å². The van der Waals surface area contributed by atoms with Crippen LogP contribution in [-0.2, 0) is 6.54 Å². The van der Waals surface area contributed by atoms with Crippen LogP contribution in [0.5, 0.6) is 0 Å². The number of halogens is 2. The minimum absolute atomic E-state index is 0.291. The molecule has 0 saturated carbocycles. The van der Waals surface area contributed by atoms with Crippen LogP contribution >= 0.6 is 11.6 Å². The van der Waals surface area contributed by atoms with Gasteiger partial charge in [-0.1, -0.05) is 29.8 Å². The lowest BCUT2D eigenvalue weighted by molar-refractivity contribution is 0.191. The number of aliphatic hydroxyl groups excluding tert-OH is 1. The van der Waals surface area contributed by atoms with Crippen LogP contribution < -0.4 is 5.32 Å². The van der Waals surface area contributed by atoms with Gasteiger partial charge in [0.25, 0.3) is 0 Å². The van der Waals surface area contributed by atoms with Crippen LogP contribution in [0.2, 0.25) is 5.02 Å². The highest BCUT2D eigenvalue weighted by atomic mass is 35.5. The van der Waals surface area contributed by atoms with Gasteiger partial charge in [0, 0.05) is 30.4 Å². The summed E-state index contributed by atoms with van der Waals surface area (Å²) in [5.74, 6) is -0.291. The highest BCUT2D eigenvalue weighted by Crippen LogP contribution is 2.30. The number of hydrogen-bond donors (Lipinski definition) is 2. The predicted octanol–water partition coefficient (Wildman–Crippen LogP) is 3.80. The fourth-order valence-corrected chi connectivity index (χ4v) is 2.79. The second-order valence-electron chi connectivity index (χ2n) is 5.88. The van der Waals surface area contributed by atoms with Gasteiger partial charge >= 0.3 is 0 Å². The third-order valence-electron chi connectivity index (χ3n) is 3.77. The van der Waals surface area contributed by atoms with E-state index in [1.54, 1.807) is 23.7 Å². The number of rotatable bonds is 6. The zero-order chi connectivity index (χ0) is 17.8. The Bertz CT molecular complexity index is 846. The van der Waals surface area contributed by atoms with Crippen LogP contribution in [0, 0.1) is 5.82 Å². The van der Waals surface area contributed by atoms with E-state index >= 15 is 0 Å². The van der Waals surface area contributed by atoms with Crippen molar-refractivity contribution in [2.75, 3.05) is 6.54 Å². The van der Waals surface area contributed by atoms with Crippen molar-refractivity contribution in [2.45, 2.75) is 19.6 Å². The van der Waals surface area contributed by atoms with Crippen molar-refractivity contribution >= 4 is 11.6 Å². The molecule has 4 nitrogen and oxygen atoms in total. The summed E-state index contributed by atoms with van der Waals surface area (Å²) < 4.78 is 14.9. The van der Waals surface area contributed by atoms with E-state index in [4.69, 9.17) is 11.6 Å².